The topological polar surface area (TPSA) is 43.4 Å². The summed E-state index contributed by atoms with van der Waals surface area (Å²) in [6, 6.07) is 9.25. The van der Waals surface area contributed by atoms with E-state index in [0.29, 0.717) is 23.2 Å². The SMILES string of the molecule is CCCNCc1cc(Oc2cccc(OC)c2)ncc1Cl. The van der Waals surface area contributed by atoms with E-state index in [1.54, 1.807) is 13.3 Å². The van der Waals surface area contributed by atoms with E-state index in [1.807, 2.05) is 30.3 Å². The van der Waals surface area contributed by atoms with Gasteiger partial charge in [0.15, 0.2) is 0 Å². The third-order valence-corrected chi connectivity index (χ3v) is 3.26. The van der Waals surface area contributed by atoms with E-state index in [9.17, 15) is 0 Å². The van der Waals surface area contributed by atoms with Gasteiger partial charge < -0.3 is 14.8 Å². The molecular weight excluding hydrogens is 288 g/mol. The lowest BCUT2D eigenvalue weighted by atomic mass is 10.2. The first-order valence-corrected chi connectivity index (χ1v) is 7.27. The normalized spacial score (nSPS) is 10.4. The molecule has 0 aliphatic heterocycles. The zero-order valence-corrected chi connectivity index (χ0v) is 13.0. The molecule has 21 heavy (non-hydrogen) atoms. The fraction of sp³-hybridized carbons (Fsp3) is 0.312. The van der Waals surface area contributed by atoms with Crippen LogP contribution in [0.1, 0.15) is 18.9 Å². The fourth-order valence-electron chi connectivity index (χ4n) is 1.84. The molecule has 4 nitrogen and oxygen atoms in total. The Morgan fingerprint density at radius 1 is 1.24 bits per heavy atom. The van der Waals surface area contributed by atoms with Crippen LogP contribution in [0.3, 0.4) is 0 Å². The van der Waals surface area contributed by atoms with Crippen molar-refractivity contribution in [3.63, 3.8) is 0 Å². The van der Waals surface area contributed by atoms with Crippen LogP contribution in [0, 0.1) is 0 Å². The van der Waals surface area contributed by atoms with Gasteiger partial charge in [0.1, 0.15) is 11.5 Å². The highest BCUT2D eigenvalue weighted by Crippen LogP contribution is 2.26. The minimum absolute atomic E-state index is 0.515. The van der Waals surface area contributed by atoms with Crippen LogP contribution in [0.5, 0.6) is 17.4 Å². The quantitative estimate of drug-likeness (QED) is 0.784. The van der Waals surface area contributed by atoms with E-state index in [4.69, 9.17) is 21.1 Å². The van der Waals surface area contributed by atoms with Crippen molar-refractivity contribution in [3.05, 3.63) is 47.1 Å². The molecule has 0 unspecified atom stereocenters. The number of rotatable bonds is 7. The van der Waals surface area contributed by atoms with Gasteiger partial charge in [-0.3, -0.25) is 0 Å². The van der Waals surface area contributed by atoms with Crippen molar-refractivity contribution in [1.29, 1.82) is 0 Å². The molecule has 0 aliphatic rings. The predicted molar refractivity (Wildman–Crippen MR) is 84.3 cm³/mol. The van der Waals surface area contributed by atoms with Crippen LogP contribution in [0.25, 0.3) is 0 Å². The minimum Gasteiger partial charge on any atom is -0.497 e. The lowest BCUT2D eigenvalue weighted by Crippen LogP contribution is -2.14. The Morgan fingerprint density at radius 3 is 2.81 bits per heavy atom. The molecule has 2 aromatic rings. The maximum Gasteiger partial charge on any atom is 0.219 e. The number of hydrogen-bond donors (Lipinski definition) is 1. The molecule has 0 amide bonds. The number of aromatic nitrogens is 1. The molecule has 0 radical (unpaired) electrons. The summed E-state index contributed by atoms with van der Waals surface area (Å²) in [4.78, 5) is 4.20. The van der Waals surface area contributed by atoms with Gasteiger partial charge in [-0.2, -0.15) is 0 Å². The standard InChI is InChI=1S/C16H19ClN2O2/c1-3-7-18-10-12-8-16(19-11-15(12)17)21-14-6-4-5-13(9-14)20-2/h4-6,8-9,11,18H,3,7,10H2,1-2H3. The Balaban J connectivity index is 2.10. The molecule has 0 spiro atoms. The van der Waals surface area contributed by atoms with Gasteiger partial charge in [0.2, 0.25) is 5.88 Å². The van der Waals surface area contributed by atoms with Gasteiger partial charge in [-0.15, -0.1) is 0 Å². The summed E-state index contributed by atoms with van der Waals surface area (Å²) in [6.07, 6.45) is 2.69. The summed E-state index contributed by atoms with van der Waals surface area (Å²) in [5.41, 5.74) is 0.970. The van der Waals surface area contributed by atoms with Crippen molar-refractivity contribution in [2.24, 2.45) is 0 Å². The summed E-state index contributed by atoms with van der Waals surface area (Å²) in [6.45, 7) is 3.77. The van der Waals surface area contributed by atoms with Crippen LogP contribution in [0.4, 0.5) is 0 Å². The largest absolute Gasteiger partial charge is 0.497 e. The van der Waals surface area contributed by atoms with Crippen LogP contribution in [0.2, 0.25) is 5.02 Å². The second-order valence-electron chi connectivity index (χ2n) is 4.57. The number of hydrogen-bond acceptors (Lipinski definition) is 4. The smallest absolute Gasteiger partial charge is 0.219 e. The molecule has 0 fully saturated rings. The third kappa shape index (κ3) is 4.62. The van der Waals surface area contributed by atoms with Gasteiger partial charge in [0.05, 0.1) is 12.1 Å². The summed E-state index contributed by atoms with van der Waals surface area (Å²) >= 11 is 6.15. The average molecular weight is 307 g/mol. The minimum atomic E-state index is 0.515. The summed E-state index contributed by atoms with van der Waals surface area (Å²) < 4.78 is 10.9. The number of halogens is 1. The number of methoxy groups -OCH3 is 1. The van der Waals surface area contributed by atoms with E-state index < -0.39 is 0 Å². The Morgan fingerprint density at radius 2 is 2.05 bits per heavy atom. The first-order chi connectivity index (χ1) is 10.2. The molecule has 1 aromatic heterocycles. The molecule has 1 heterocycles. The van der Waals surface area contributed by atoms with Crippen LogP contribution >= 0.6 is 11.6 Å². The van der Waals surface area contributed by atoms with Crippen LogP contribution in [-0.4, -0.2) is 18.6 Å². The highest BCUT2D eigenvalue weighted by atomic mass is 35.5. The molecule has 5 heteroatoms. The first-order valence-electron chi connectivity index (χ1n) is 6.90. The van der Waals surface area contributed by atoms with Crippen LogP contribution < -0.4 is 14.8 Å². The molecule has 112 valence electrons. The number of nitrogens with one attached hydrogen (secondary N) is 1. The van der Waals surface area contributed by atoms with Crippen molar-refractivity contribution in [3.8, 4) is 17.4 Å². The van der Waals surface area contributed by atoms with Crippen LogP contribution in [-0.2, 0) is 6.54 Å². The van der Waals surface area contributed by atoms with E-state index in [1.165, 1.54) is 0 Å². The molecule has 0 aliphatic carbocycles. The zero-order valence-electron chi connectivity index (χ0n) is 12.2. The second kappa shape index (κ2) is 7.86. The van der Waals surface area contributed by atoms with E-state index in [0.717, 1.165) is 24.3 Å². The monoisotopic (exact) mass is 306 g/mol. The fourth-order valence-corrected chi connectivity index (χ4v) is 2.01. The Hall–Kier alpha value is -1.78. The van der Waals surface area contributed by atoms with E-state index in [2.05, 4.69) is 17.2 Å². The van der Waals surface area contributed by atoms with E-state index >= 15 is 0 Å². The highest BCUT2D eigenvalue weighted by molar-refractivity contribution is 6.31. The van der Waals surface area contributed by atoms with Gasteiger partial charge in [-0.1, -0.05) is 24.6 Å². The average Bonchev–Trinajstić information content (AvgIpc) is 2.51. The van der Waals surface area contributed by atoms with Crippen molar-refractivity contribution < 1.29 is 9.47 Å². The maximum absolute atomic E-state index is 6.15. The number of benzene rings is 1. The summed E-state index contributed by atoms with van der Waals surface area (Å²) in [7, 11) is 1.62. The first kappa shape index (κ1) is 15.6. The maximum atomic E-state index is 6.15. The number of ether oxygens (including phenoxy) is 2. The lowest BCUT2D eigenvalue weighted by molar-refractivity contribution is 0.407. The summed E-state index contributed by atoms with van der Waals surface area (Å²) in [5, 5.41) is 3.95. The third-order valence-electron chi connectivity index (χ3n) is 2.92. The molecule has 2 rings (SSSR count). The van der Waals surface area contributed by atoms with Crippen molar-refractivity contribution in [2.45, 2.75) is 19.9 Å². The van der Waals surface area contributed by atoms with Gasteiger partial charge in [-0.25, -0.2) is 4.98 Å². The highest BCUT2D eigenvalue weighted by Gasteiger charge is 2.06. The Labute approximate surface area is 130 Å². The van der Waals surface area contributed by atoms with E-state index in [-0.39, 0.29) is 0 Å². The Kier molecular flexibility index (Phi) is 5.84. The lowest BCUT2D eigenvalue weighted by Gasteiger charge is -2.10. The predicted octanol–water partition coefficient (Wildman–Crippen LogP) is 4.04. The number of nitrogens with zero attached hydrogens (tertiary/aromatic N) is 1. The molecule has 0 saturated heterocycles. The van der Waals surface area contributed by atoms with Gasteiger partial charge >= 0.3 is 0 Å². The number of pyridine rings is 1. The summed E-state index contributed by atoms with van der Waals surface area (Å²) in [5.74, 6) is 1.93. The van der Waals surface area contributed by atoms with Crippen LogP contribution in [0.15, 0.2) is 36.5 Å². The van der Waals surface area contributed by atoms with Gasteiger partial charge in [0, 0.05) is 24.9 Å². The van der Waals surface area contributed by atoms with Crippen molar-refractivity contribution >= 4 is 11.6 Å². The second-order valence-corrected chi connectivity index (χ2v) is 4.98. The zero-order chi connectivity index (χ0) is 15.1. The van der Waals surface area contributed by atoms with Crippen molar-refractivity contribution in [1.82, 2.24) is 10.3 Å². The molecule has 0 atom stereocenters. The van der Waals surface area contributed by atoms with Crippen molar-refractivity contribution in [2.75, 3.05) is 13.7 Å². The molecule has 1 aromatic carbocycles. The Bertz CT molecular complexity index is 590. The molecular formula is C16H19ClN2O2. The molecule has 0 saturated carbocycles. The van der Waals surface area contributed by atoms with Gasteiger partial charge in [-0.05, 0) is 30.7 Å². The van der Waals surface area contributed by atoms with Gasteiger partial charge in [0.25, 0.3) is 0 Å². The molecule has 0 bridgehead atoms. The molecule has 1 N–H and O–H groups in total.